The molecular weight excluding hydrogens is 308 g/mol. The van der Waals surface area contributed by atoms with Crippen LogP contribution in [-0.4, -0.2) is 50.9 Å². The van der Waals surface area contributed by atoms with Crippen LogP contribution in [0.3, 0.4) is 0 Å². The summed E-state index contributed by atoms with van der Waals surface area (Å²) in [7, 11) is 3.66. The minimum Gasteiger partial charge on any atom is -0.341 e. The van der Waals surface area contributed by atoms with Crippen molar-refractivity contribution in [2.24, 2.45) is 13.0 Å². The quantitative estimate of drug-likeness (QED) is 0.873. The zero-order valence-electron chi connectivity index (χ0n) is 14.4. The first-order chi connectivity index (χ1) is 11.6. The van der Waals surface area contributed by atoms with E-state index in [1.54, 1.807) is 24.9 Å². The molecule has 1 aliphatic rings. The second-order valence-corrected chi connectivity index (χ2v) is 6.40. The second-order valence-electron chi connectivity index (χ2n) is 6.40. The summed E-state index contributed by atoms with van der Waals surface area (Å²) in [6.45, 7) is 3.31. The molecule has 8 nitrogen and oxygen atoms in total. The van der Waals surface area contributed by atoms with E-state index in [0.29, 0.717) is 11.8 Å². The van der Waals surface area contributed by atoms with Gasteiger partial charge in [0.15, 0.2) is 5.82 Å². The first-order valence-electron chi connectivity index (χ1n) is 8.30. The Balaban J connectivity index is 1.65. The van der Waals surface area contributed by atoms with Crippen molar-refractivity contribution in [3.63, 3.8) is 0 Å². The third kappa shape index (κ3) is 3.64. The molecule has 3 heterocycles. The third-order valence-electron chi connectivity index (χ3n) is 4.47. The molecule has 1 saturated heterocycles. The van der Waals surface area contributed by atoms with E-state index in [0.717, 1.165) is 43.7 Å². The maximum Gasteiger partial charge on any atom is 0.244 e. The Kier molecular flexibility index (Phi) is 4.94. The molecule has 8 heteroatoms. The summed E-state index contributed by atoms with van der Waals surface area (Å²) in [5, 5.41) is 11.2. The molecule has 0 saturated carbocycles. The molecule has 0 radical (unpaired) electrons. The van der Waals surface area contributed by atoms with Gasteiger partial charge < -0.3 is 14.7 Å². The van der Waals surface area contributed by atoms with Crippen LogP contribution in [0.1, 0.15) is 36.2 Å². The Morgan fingerprint density at radius 1 is 1.54 bits per heavy atom. The number of carbonyl (C=O) groups is 1. The third-order valence-corrected chi connectivity index (χ3v) is 4.47. The Bertz CT molecular complexity index is 694. The number of likely N-dealkylation sites (N-methyl/N-ethyl adjacent to an activating group) is 1. The molecule has 2 aromatic rings. The van der Waals surface area contributed by atoms with E-state index in [4.69, 9.17) is 4.52 Å². The van der Waals surface area contributed by atoms with Gasteiger partial charge in [-0.05, 0) is 25.8 Å². The van der Waals surface area contributed by atoms with Gasteiger partial charge in [0.05, 0.1) is 6.20 Å². The van der Waals surface area contributed by atoms with E-state index >= 15 is 0 Å². The molecule has 1 aliphatic heterocycles. The fraction of sp³-hybridized carbons (Fsp3) is 0.625. The molecule has 0 bridgehead atoms. The molecule has 1 N–H and O–H groups in total. The Labute approximate surface area is 141 Å². The number of hydrogen-bond donors (Lipinski definition) is 1. The molecule has 24 heavy (non-hydrogen) atoms. The number of aromatic nitrogens is 4. The van der Waals surface area contributed by atoms with E-state index in [1.807, 2.05) is 18.1 Å². The van der Waals surface area contributed by atoms with Crippen molar-refractivity contribution in [1.29, 1.82) is 0 Å². The highest BCUT2D eigenvalue weighted by atomic mass is 16.5. The Hall–Kier alpha value is -2.22. The highest BCUT2D eigenvalue weighted by Gasteiger charge is 2.30. The summed E-state index contributed by atoms with van der Waals surface area (Å²) in [5.74, 6) is 1.77. The first kappa shape index (κ1) is 16.6. The maximum absolute atomic E-state index is 12.9. The van der Waals surface area contributed by atoms with Crippen LogP contribution in [0.5, 0.6) is 0 Å². The average Bonchev–Trinajstić information content (AvgIpc) is 3.17. The number of aryl methyl sites for hydroxylation is 2. The van der Waals surface area contributed by atoms with Gasteiger partial charge in [0.25, 0.3) is 0 Å². The number of nitrogens with zero attached hydrogens (tertiary/aromatic N) is 5. The number of nitrogens with one attached hydrogen (secondary N) is 1. The first-order valence-corrected chi connectivity index (χ1v) is 8.30. The standard InChI is InChI=1S/C16H24N6O2/c1-11-19-14(20-24-11)7-12-5-4-6-22(9-12)16(23)15(17-2)13-8-18-21(3)10-13/h8,10,12,15,17H,4-7,9H2,1-3H3. The number of hydrogen-bond acceptors (Lipinski definition) is 6. The van der Waals surface area contributed by atoms with Crippen LogP contribution in [0.15, 0.2) is 16.9 Å². The van der Waals surface area contributed by atoms with Gasteiger partial charge in [0.1, 0.15) is 6.04 Å². The average molecular weight is 332 g/mol. The van der Waals surface area contributed by atoms with Crippen molar-refractivity contribution in [1.82, 2.24) is 30.1 Å². The molecule has 2 atom stereocenters. The Morgan fingerprint density at radius 3 is 3.00 bits per heavy atom. The maximum atomic E-state index is 12.9. The summed E-state index contributed by atoms with van der Waals surface area (Å²) < 4.78 is 6.75. The number of amides is 1. The lowest BCUT2D eigenvalue weighted by atomic mass is 9.93. The molecule has 0 spiro atoms. The van der Waals surface area contributed by atoms with Gasteiger partial charge in [-0.2, -0.15) is 10.1 Å². The predicted molar refractivity (Wildman–Crippen MR) is 87.1 cm³/mol. The smallest absolute Gasteiger partial charge is 0.244 e. The van der Waals surface area contributed by atoms with E-state index in [9.17, 15) is 4.79 Å². The Morgan fingerprint density at radius 2 is 2.38 bits per heavy atom. The second kappa shape index (κ2) is 7.12. The molecule has 0 aromatic carbocycles. The molecule has 1 fully saturated rings. The van der Waals surface area contributed by atoms with Crippen LogP contribution in [-0.2, 0) is 18.3 Å². The topological polar surface area (TPSA) is 89.1 Å². The van der Waals surface area contributed by atoms with E-state index < -0.39 is 0 Å². The van der Waals surface area contributed by atoms with Gasteiger partial charge >= 0.3 is 0 Å². The molecule has 130 valence electrons. The van der Waals surface area contributed by atoms with Crippen molar-refractivity contribution in [3.8, 4) is 0 Å². The summed E-state index contributed by atoms with van der Waals surface area (Å²) in [4.78, 5) is 19.1. The number of rotatable bonds is 5. The summed E-state index contributed by atoms with van der Waals surface area (Å²) >= 11 is 0. The summed E-state index contributed by atoms with van der Waals surface area (Å²) in [6.07, 6.45) is 6.44. The molecule has 2 aromatic heterocycles. The van der Waals surface area contributed by atoms with Gasteiger partial charge in [0, 0.05) is 45.2 Å². The van der Waals surface area contributed by atoms with Crippen LogP contribution in [0, 0.1) is 12.8 Å². The predicted octanol–water partition coefficient (Wildman–Crippen LogP) is 0.853. The lowest BCUT2D eigenvalue weighted by molar-refractivity contribution is -0.135. The van der Waals surface area contributed by atoms with Gasteiger partial charge in [-0.15, -0.1) is 0 Å². The van der Waals surface area contributed by atoms with Crippen LogP contribution in [0.2, 0.25) is 0 Å². The van der Waals surface area contributed by atoms with Crippen LogP contribution in [0.25, 0.3) is 0 Å². The van der Waals surface area contributed by atoms with Crippen molar-refractivity contribution in [2.75, 3.05) is 20.1 Å². The fourth-order valence-electron chi connectivity index (χ4n) is 3.32. The fourth-order valence-corrected chi connectivity index (χ4v) is 3.32. The highest BCUT2D eigenvalue weighted by molar-refractivity contribution is 5.83. The monoisotopic (exact) mass is 332 g/mol. The van der Waals surface area contributed by atoms with Gasteiger partial charge in [-0.25, -0.2) is 0 Å². The summed E-state index contributed by atoms with van der Waals surface area (Å²) in [5.41, 5.74) is 0.890. The van der Waals surface area contributed by atoms with Crippen molar-refractivity contribution in [2.45, 2.75) is 32.2 Å². The van der Waals surface area contributed by atoms with E-state index in [1.165, 1.54) is 0 Å². The lowest BCUT2D eigenvalue weighted by Gasteiger charge is -2.34. The van der Waals surface area contributed by atoms with Crippen LogP contribution in [0.4, 0.5) is 0 Å². The van der Waals surface area contributed by atoms with Crippen LogP contribution >= 0.6 is 0 Å². The molecule has 3 rings (SSSR count). The normalized spacial score (nSPS) is 19.5. The van der Waals surface area contributed by atoms with E-state index in [-0.39, 0.29) is 11.9 Å². The molecule has 0 aliphatic carbocycles. The van der Waals surface area contributed by atoms with Crippen LogP contribution < -0.4 is 5.32 Å². The lowest BCUT2D eigenvalue weighted by Crippen LogP contribution is -2.45. The van der Waals surface area contributed by atoms with Crippen molar-refractivity contribution in [3.05, 3.63) is 29.7 Å². The van der Waals surface area contributed by atoms with Gasteiger partial charge in [0.2, 0.25) is 11.8 Å². The van der Waals surface area contributed by atoms with Gasteiger partial charge in [-0.1, -0.05) is 5.16 Å². The van der Waals surface area contributed by atoms with E-state index in [2.05, 4.69) is 20.6 Å². The highest BCUT2D eigenvalue weighted by Crippen LogP contribution is 2.23. The van der Waals surface area contributed by atoms with Crippen molar-refractivity contribution >= 4 is 5.91 Å². The van der Waals surface area contributed by atoms with Gasteiger partial charge in [-0.3, -0.25) is 9.48 Å². The van der Waals surface area contributed by atoms with Crippen molar-refractivity contribution < 1.29 is 9.32 Å². The minimum absolute atomic E-state index is 0.0968. The number of likely N-dealkylation sites (tertiary alicyclic amines) is 1. The largest absolute Gasteiger partial charge is 0.341 e. The number of carbonyl (C=O) groups excluding carboxylic acids is 1. The summed E-state index contributed by atoms with van der Waals surface area (Å²) in [6, 6.07) is -0.357. The number of piperidine rings is 1. The zero-order chi connectivity index (χ0) is 17.1. The minimum atomic E-state index is -0.357. The molecule has 1 amide bonds. The molecule has 2 unspecified atom stereocenters. The SMILES string of the molecule is CNC(C(=O)N1CCCC(Cc2noc(C)n2)C1)c1cnn(C)c1. The zero-order valence-corrected chi connectivity index (χ0v) is 14.4. The molecular formula is C16H24N6O2.